The second-order valence-corrected chi connectivity index (χ2v) is 4.63. The third kappa shape index (κ3) is 3.17. The molecule has 0 atom stereocenters. The highest BCUT2D eigenvalue weighted by Gasteiger charge is 2.09. The highest BCUT2D eigenvalue weighted by molar-refractivity contribution is 7.71. The van der Waals surface area contributed by atoms with Gasteiger partial charge in [0, 0.05) is 19.7 Å². The van der Waals surface area contributed by atoms with Crippen LogP contribution in [0.1, 0.15) is 0 Å². The summed E-state index contributed by atoms with van der Waals surface area (Å²) in [5.41, 5.74) is 1.72. The van der Waals surface area contributed by atoms with Crippen molar-refractivity contribution in [2.24, 2.45) is 0 Å². The number of carbonyl (C=O) groups is 1. The molecule has 2 rings (SSSR count). The number of H-pyrrole nitrogens is 1. The molecule has 1 heterocycles. The number of benzene rings is 1. The van der Waals surface area contributed by atoms with Gasteiger partial charge < -0.3 is 24.3 Å². The number of hydrogen-bond acceptors (Lipinski definition) is 4. The molecule has 2 aromatic rings. The van der Waals surface area contributed by atoms with Crippen molar-refractivity contribution in [2.75, 3.05) is 27.4 Å². The maximum Gasteiger partial charge on any atom is 0.240 e. The van der Waals surface area contributed by atoms with E-state index in [1.54, 1.807) is 18.8 Å². The van der Waals surface area contributed by atoms with E-state index >= 15 is 0 Å². The molecule has 0 aliphatic heterocycles. The highest BCUT2D eigenvalue weighted by atomic mass is 32.1. The van der Waals surface area contributed by atoms with Crippen LogP contribution >= 0.6 is 12.2 Å². The molecule has 0 aliphatic rings. The largest absolute Gasteiger partial charge is 0.497 e. The molecule has 108 valence electrons. The van der Waals surface area contributed by atoms with Crippen LogP contribution in [0.2, 0.25) is 0 Å². The minimum atomic E-state index is -0.109. The van der Waals surface area contributed by atoms with Crippen molar-refractivity contribution in [2.45, 2.75) is 6.54 Å². The lowest BCUT2D eigenvalue weighted by atomic mass is 10.3. The first kappa shape index (κ1) is 14.5. The number of nitrogens with zero attached hydrogens (tertiary/aromatic N) is 1. The standard InChI is InChI=1S/C13H17N3O3S/c1-18-6-5-14-12(17)8-16-11-7-9(19-2)3-4-10(11)15-13(16)20/h3-4,7H,5-6,8H2,1-2H3,(H,14,17)(H,15,20). The number of fused-ring (bicyclic) bond motifs is 1. The number of hydrogen-bond donors (Lipinski definition) is 2. The highest BCUT2D eigenvalue weighted by Crippen LogP contribution is 2.20. The van der Waals surface area contributed by atoms with Crippen LogP contribution in [0.4, 0.5) is 0 Å². The van der Waals surface area contributed by atoms with Gasteiger partial charge in [0.15, 0.2) is 4.77 Å². The van der Waals surface area contributed by atoms with Gasteiger partial charge in [0.2, 0.25) is 5.91 Å². The molecule has 0 fully saturated rings. The number of ether oxygens (including phenoxy) is 2. The van der Waals surface area contributed by atoms with Gasteiger partial charge in [0.1, 0.15) is 12.3 Å². The minimum Gasteiger partial charge on any atom is -0.497 e. The lowest BCUT2D eigenvalue weighted by Crippen LogP contribution is -2.30. The number of aromatic amines is 1. The number of methoxy groups -OCH3 is 2. The van der Waals surface area contributed by atoms with Gasteiger partial charge >= 0.3 is 0 Å². The summed E-state index contributed by atoms with van der Waals surface area (Å²) in [6, 6.07) is 5.57. The smallest absolute Gasteiger partial charge is 0.240 e. The summed E-state index contributed by atoms with van der Waals surface area (Å²) in [4.78, 5) is 14.9. The van der Waals surface area contributed by atoms with Crippen molar-refractivity contribution in [3.8, 4) is 5.75 Å². The lowest BCUT2D eigenvalue weighted by molar-refractivity contribution is -0.121. The van der Waals surface area contributed by atoms with E-state index in [-0.39, 0.29) is 12.5 Å². The SMILES string of the molecule is COCCNC(=O)Cn1c(=S)[nH]c2ccc(OC)cc21. The Hall–Kier alpha value is -1.86. The molecule has 0 bridgehead atoms. The van der Waals surface area contributed by atoms with Crippen LogP contribution in [0.3, 0.4) is 0 Å². The molecule has 0 spiro atoms. The van der Waals surface area contributed by atoms with Gasteiger partial charge in [0.05, 0.1) is 24.8 Å². The van der Waals surface area contributed by atoms with E-state index < -0.39 is 0 Å². The van der Waals surface area contributed by atoms with E-state index in [4.69, 9.17) is 21.7 Å². The van der Waals surface area contributed by atoms with Crippen LogP contribution in [-0.4, -0.2) is 42.8 Å². The first-order valence-electron chi connectivity index (χ1n) is 6.18. The van der Waals surface area contributed by atoms with E-state index in [2.05, 4.69) is 10.3 Å². The van der Waals surface area contributed by atoms with Crippen LogP contribution < -0.4 is 10.1 Å². The zero-order chi connectivity index (χ0) is 14.5. The summed E-state index contributed by atoms with van der Waals surface area (Å²) in [6.45, 7) is 1.13. The van der Waals surface area contributed by atoms with Gasteiger partial charge in [-0.3, -0.25) is 4.79 Å². The summed E-state index contributed by atoms with van der Waals surface area (Å²) in [7, 11) is 3.19. The van der Waals surface area contributed by atoms with Gasteiger partial charge in [-0.05, 0) is 24.4 Å². The maximum atomic E-state index is 11.9. The van der Waals surface area contributed by atoms with E-state index in [9.17, 15) is 4.79 Å². The number of nitrogens with one attached hydrogen (secondary N) is 2. The van der Waals surface area contributed by atoms with E-state index in [1.807, 2.05) is 18.2 Å². The second-order valence-electron chi connectivity index (χ2n) is 4.24. The van der Waals surface area contributed by atoms with E-state index in [0.717, 1.165) is 16.8 Å². The molecular weight excluding hydrogens is 278 g/mol. The number of amides is 1. The first-order chi connectivity index (χ1) is 9.65. The van der Waals surface area contributed by atoms with Crippen molar-refractivity contribution in [3.63, 3.8) is 0 Å². The summed E-state index contributed by atoms with van der Waals surface area (Å²) in [5, 5.41) is 2.77. The first-order valence-corrected chi connectivity index (χ1v) is 6.58. The van der Waals surface area contributed by atoms with E-state index in [1.165, 1.54) is 0 Å². The lowest BCUT2D eigenvalue weighted by Gasteiger charge is -2.07. The van der Waals surface area contributed by atoms with Crippen LogP contribution in [-0.2, 0) is 16.1 Å². The molecule has 6 nitrogen and oxygen atoms in total. The fraction of sp³-hybridized carbons (Fsp3) is 0.385. The average Bonchev–Trinajstić information content (AvgIpc) is 2.75. The summed E-state index contributed by atoms with van der Waals surface area (Å²) in [5.74, 6) is 0.613. The zero-order valence-corrected chi connectivity index (χ0v) is 12.3. The van der Waals surface area contributed by atoms with Gasteiger partial charge in [-0.2, -0.15) is 0 Å². The zero-order valence-electron chi connectivity index (χ0n) is 11.4. The predicted molar refractivity (Wildman–Crippen MR) is 78.6 cm³/mol. The van der Waals surface area contributed by atoms with Crippen LogP contribution in [0, 0.1) is 4.77 Å². The molecule has 0 saturated heterocycles. The molecule has 0 saturated carbocycles. The molecule has 0 aliphatic carbocycles. The number of aromatic nitrogens is 2. The fourth-order valence-corrected chi connectivity index (χ4v) is 2.18. The number of carbonyl (C=O) groups excluding carboxylic acids is 1. The van der Waals surface area contributed by atoms with Crippen molar-refractivity contribution < 1.29 is 14.3 Å². The monoisotopic (exact) mass is 295 g/mol. The normalized spacial score (nSPS) is 10.7. The molecule has 2 N–H and O–H groups in total. The third-order valence-corrected chi connectivity index (χ3v) is 3.23. The predicted octanol–water partition coefficient (Wildman–Crippen LogP) is 1.47. The van der Waals surface area contributed by atoms with Gasteiger partial charge in [-0.15, -0.1) is 0 Å². The quantitative estimate of drug-likeness (QED) is 0.625. The molecule has 0 radical (unpaired) electrons. The van der Waals surface area contributed by atoms with Gasteiger partial charge in [0.25, 0.3) is 0 Å². The Morgan fingerprint density at radius 3 is 2.95 bits per heavy atom. The maximum absolute atomic E-state index is 11.9. The molecule has 20 heavy (non-hydrogen) atoms. The molecule has 0 unspecified atom stereocenters. The van der Waals surface area contributed by atoms with Crippen LogP contribution in [0.25, 0.3) is 11.0 Å². The second kappa shape index (κ2) is 6.53. The third-order valence-electron chi connectivity index (χ3n) is 2.91. The molecule has 1 amide bonds. The topological polar surface area (TPSA) is 68.3 Å². The van der Waals surface area contributed by atoms with Crippen molar-refractivity contribution in [1.29, 1.82) is 0 Å². The molecule has 1 aromatic carbocycles. The van der Waals surface area contributed by atoms with Crippen molar-refractivity contribution in [1.82, 2.24) is 14.9 Å². The van der Waals surface area contributed by atoms with Gasteiger partial charge in [-0.25, -0.2) is 0 Å². The number of imidazole rings is 1. The molecular formula is C13H17N3O3S. The summed E-state index contributed by atoms with van der Waals surface area (Å²) < 4.78 is 12.3. The Balaban J connectivity index is 2.22. The summed E-state index contributed by atoms with van der Waals surface area (Å²) >= 11 is 5.25. The Morgan fingerprint density at radius 2 is 2.25 bits per heavy atom. The van der Waals surface area contributed by atoms with Crippen LogP contribution in [0.5, 0.6) is 5.75 Å². The average molecular weight is 295 g/mol. The Kier molecular flexibility index (Phi) is 4.75. The Bertz CT molecular complexity index is 662. The van der Waals surface area contributed by atoms with Gasteiger partial charge in [-0.1, -0.05) is 0 Å². The molecule has 1 aromatic heterocycles. The molecule has 7 heteroatoms. The van der Waals surface area contributed by atoms with Crippen LogP contribution in [0.15, 0.2) is 18.2 Å². The summed E-state index contributed by atoms with van der Waals surface area (Å²) in [6.07, 6.45) is 0. The number of rotatable bonds is 6. The Labute approximate surface area is 121 Å². The minimum absolute atomic E-state index is 0.109. The van der Waals surface area contributed by atoms with Crippen molar-refractivity contribution in [3.05, 3.63) is 23.0 Å². The van der Waals surface area contributed by atoms with Crippen molar-refractivity contribution >= 4 is 29.2 Å². The fourth-order valence-electron chi connectivity index (χ4n) is 1.91. The Morgan fingerprint density at radius 1 is 1.45 bits per heavy atom. The van der Waals surface area contributed by atoms with E-state index in [0.29, 0.717) is 17.9 Å².